The van der Waals surface area contributed by atoms with Crippen LogP contribution >= 0.6 is 27.3 Å². The molecule has 1 aromatic carbocycles. The van der Waals surface area contributed by atoms with Crippen LogP contribution in [0.15, 0.2) is 28.1 Å². The maximum Gasteiger partial charge on any atom is 0.160 e. The van der Waals surface area contributed by atoms with Crippen LogP contribution in [0.5, 0.6) is 0 Å². The summed E-state index contributed by atoms with van der Waals surface area (Å²) >= 11 is 5.07. The fourth-order valence-corrected chi connectivity index (χ4v) is 3.28. The van der Waals surface area contributed by atoms with Crippen LogP contribution in [0, 0.1) is 0 Å². The fraction of sp³-hybridized carbons (Fsp3) is 0.286. The summed E-state index contributed by atoms with van der Waals surface area (Å²) in [6.45, 7) is 4.78. The quantitative estimate of drug-likeness (QED) is 0.777. The van der Waals surface area contributed by atoms with Gasteiger partial charge in [0.25, 0.3) is 0 Å². The molecule has 0 bridgehead atoms. The number of aromatic nitrogens is 3. The van der Waals surface area contributed by atoms with E-state index in [2.05, 4.69) is 45.4 Å². The molecule has 0 atom stereocenters. The van der Waals surface area contributed by atoms with Crippen LogP contribution < -0.4 is 5.73 Å². The fourth-order valence-electron chi connectivity index (χ4n) is 2.28. The van der Waals surface area contributed by atoms with Crippen LogP contribution in [-0.4, -0.2) is 14.5 Å². The third kappa shape index (κ3) is 2.28. The van der Waals surface area contributed by atoms with Gasteiger partial charge < -0.3 is 10.3 Å². The molecule has 0 saturated carbocycles. The minimum Gasteiger partial charge on any atom is -0.325 e. The molecule has 3 rings (SSSR count). The lowest BCUT2D eigenvalue weighted by Crippen LogP contribution is -2.03. The number of nitrogens with two attached hydrogens (primary N) is 1. The van der Waals surface area contributed by atoms with Crippen molar-refractivity contribution in [3.8, 4) is 11.5 Å². The first-order valence-electron chi connectivity index (χ1n) is 6.42. The topological polar surface area (TPSA) is 56.7 Å². The number of imidazole rings is 1. The molecule has 0 aliphatic rings. The van der Waals surface area contributed by atoms with Gasteiger partial charge in [0.1, 0.15) is 10.7 Å². The first-order chi connectivity index (χ1) is 9.60. The van der Waals surface area contributed by atoms with Crippen LogP contribution in [0.2, 0.25) is 0 Å². The average molecular weight is 351 g/mol. The number of rotatable bonds is 3. The van der Waals surface area contributed by atoms with E-state index in [-0.39, 0.29) is 0 Å². The van der Waals surface area contributed by atoms with Gasteiger partial charge in [-0.2, -0.15) is 0 Å². The van der Waals surface area contributed by atoms with E-state index < -0.39 is 0 Å². The number of nitrogens with zero attached hydrogens (tertiary/aromatic N) is 3. The summed E-state index contributed by atoms with van der Waals surface area (Å²) < 4.78 is 3.25. The van der Waals surface area contributed by atoms with E-state index in [9.17, 15) is 0 Å². The van der Waals surface area contributed by atoms with E-state index in [1.54, 1.807) is 11.3 Å². The Bertz CT molecular complexity index is 760. The highest BCUT2D eigenvalue weighted by Crippen LogP contribution is 2.30. The molecule has 2 aromatic heterocycles. The lowest BCUT2D eigenvalue weighted by atomic mass is 10.3. The number of hydrogen-bond acceptors (Lipinski definition) is 4. The standard InChI is InChI=1S/C14H15BrN4S/c1-8(2)19-12-4-3-9(15)5-10(12)18-14(19)11-7-20-13(6-16)17-11/h3-5,7-8H,6,16H2,1-2H3. The SMILES string of the molecule is CC(C)n1c(-c2csc(CN)n2)nc2cc(Br)ccc21. The van der Waals surface area contributed by atoms with E-state index >= 15 is 0 Å². The van der Waals surface area contributed by atoms with Gasteiger partial charge in [0.2, 0.25) is 0 Å². The first kappa shape index (κ1) is 13.7. The highest BCUT2D eigenvalue weighted by Gasteiger charge is 2.17. The van der Waals surface area contributed by atoms with Gasteiger partial charge in [-0.15, -0.1) is 11.3 Å². The Morgan fingerprint density at radius 3 is 2.80 bits per heavy atom. The molecule has 0 radical (unpaired) electrons. The largest absolute Gasteiger partial charge is 0.325 e. The number of fused-ring (bicyclic) bond motifs is 1. The second-order valence-corrected chi connectivity index (χ2v) is 6.72. The lowest BCUT2D eigenvalue weighted by molar-refractivity contribution is 0.623. The number of thiazole rings is 1. The lowest BCUT2D eigenvalue weighted by Gasteiger charge is -2.11. The maximum absolute atomic E-state index is 5.65. The number of halogens is 1. The molecule has 0 aliphatic carbocycles. The molecular weight excluding hydrogens is 336 g/mol. The monoisotopic (exact) mass is 350 g/mol. The zero-order valence-electron chi connectivity index (χ0n) is 11.3. The normalized spacial score (nSPS) is 11.7. The van der Waals surface area contributed by atoms with Crippen LogP contribution in [0.25, 0.3) is 22.6 Å². The third-order valence-corrected chi connectivity index (χ3v) is 4.49. The Balaban J connectivity index is 2.25. The van der Waals surface area contributed by atoms with Crippen LogP contribution in [0.3, 0.4) is 0 Å². The molecule has 20 heavy (non-hydrogen) atoms. The van der Waals surface area contributed by atoms with E-state index in [1.165, 1.54) is 0 Å². The first-order valence-corrected chi connectivity index (χ1v) is 8.09. The summed E-state index contributed by atoms with van der Waals surface area (Å²) in [5.74, 6) is 0.907. The van der Waals surface area contributed by atoms with Crippen molar-refractivity contribution in [2.24, 2.45) is 5.73 Å². The molecule has 4 nitrogen and oxygen atoms in total. The molecule has 2 heterocycles. The van der Waals surface area contributed by atoms with Gasteiger partial charge in [-0.3, -0.25) is 0 Å². The Labute approximate surface area is 129 Å². The summed E-state index contributed by atoms with van der Waals surface area (Å²) in [6, 6.07) is 6.48. The van der Waals surface area contributed by atoms with Gasteiger partial charge in [-0.05, 0) is 32.0 Å². The molecule has 6 heteroatoms. The number of benzene rings is 1. The smallest absolute Gasteiger partial charge is 0.160 e. The van der Waals surface area contributed by atoms with Gasteiger partial charge in [-0.25, -0.2) is 9.97 Å². The summed E-state index contributed by atoms with van der Waals surface area (Å²) in [6.07, 6.45) is 0. The van der Waals surface area contributed by atoms with Crippen molar-refractivity contribution in [3.63, 3.8) is 0 Å². The third-order valence-electron chi connectivity index (χ3n) is 3.12. The van der Waals surface area contributed by atoms with E-state index in [1.807, 2.05) is 17.5 Å². The van der Waals surface area contributed by atoms with Gasteiger partial charge in [-0.1, -0.05) is 15.9 Å². The molecule has 3 aromatic rings. The molecule has 104 valence electrons. The van der Waals surface area contributed by atoms with Crippen molar-refractivity contribution < 1.29 is 0 Å². The Morgan fingerprint density at radius 2 is 2.15 bits per heavy atom. The second kappa shape index (κ2) is 5.27. The Morgan fingerprint density at radius 1 is 1.35 bits per heavy atom. The van der Waals surface area contributed by atoms with Crippen molar-refractivity contribution in [1.29, 1.82) is 0 Å². The molecule has 0 spiro atoms. The molecule has 0 aliphatic heterocycles. The maximum atomic E-state index is 5.65. The Kier molecular flexibility index (Phi) is 3.62. The molecule has 0 fully saturated rings. The summed E-state index contributed by atoms with van der Waals surface area (Å²) in [5, 5.41) is 2.96. The van der Waals surface area contributed by atoms with E-state index in [0.717, 1.165) is 32.0 Å². The van der Waals surface area contributed by atoms with Crippen molar-refractivity contribution in [2.75, 3.05) is 0 Å². The zero-order valence-corrected chi connectivity index (χ0v) is 13.7. The molecule has 0 saturated heterocycles. The van der Waals surface area contributed by atoms with Crippen molar-refractivity contribution in [3.05, 3.63) is 33.1 Å². The highest BCUT2D eigenvalue weighted by molar-refractivity contribution is 9.10. The summed E-state index contributed by atoms with van der Waals surface area (Å²) in [4.78, 5) is 9.31. The van der Waals surface area contributed by atoms with Gasteiger partial charge in [0.05, 0.1) is 11.0 Å². The minimum absolute atomic E-state index is 0.319. The van der Waals surface area contributed by atoms with Crippen molar-refractivity contribution in [1.82, 2.24) is 14.5 Å². The van der Waals surface area contributed by atoms with Crippen LogP contribution in [0.4, 0.5) is 0 Å². The van der Waals surface area contributed by atoms with E-state index in [4.69, 9.17) is 10.7 Å². The minimum atomic E-state index is 0.319. The number of hydrogen-bond donors (Lipinski definition) is 1. The second-order valence-electron chi connectivity index (χ2n) is 4.86. The average Bonchev–Trinajstić information content (AvgIpc) is 3.01. The van der Waals surface area contributed by atoms with Crippen molar-refractivity contribution in [2.45, 2.75) is 26.4 Å². The molecular formula is C14H15BrN4S. The zero-order chi connectivity index (χ0) is 14.3. The molecule has 0 amide bonds. The van der Waals surface area contributed by atoms with E-state index in [0.29, 0.717) is 12.6 Å². The summed E-state index contributed by atoms with van der Waals surface area (Å²) in [7, 11) is 0. The highest BCUT2D eigenvalue weighted by atomic mass is 79.9. The van der Waals surface area contributed by atoms with Gasteiger partial charge in [0.15, 0.2) is 5.82 Å². The van der Waals surface area contributed by atoms with Crippen molar-refractivity contribution >= 4 is 38.3 Å². The van der Waals surface area contributed by atoms with Crippen LogP contribution in [-0.2, 0) is 6.54 Å². The molecule has 2 N–H and O–H groups in total. The van der Waals surface area contributed by atoms with Crippen LogP contribution in [0.1, 0.15) is 24.9 Å². The van der Waals surface area contributed by atoms with Gasteiger partial charge >= 0.3 is 0 Å². The predicted octanol–water partition coefficient (Wildman–Crippen LogP) is 3.96. The van der Waals surface area contributed by atoms with Gasteiger partial charge in [0, 0.05) is 22.4 Å². The molecule has 0 unspecified atom stereocenters. The summed E-state index contributed by atoms with van der Waals surface area (Å²) in [5.41, 5.74) is 8.65. The Hall–Kier alpha value is -1.24. The predicted molar refractivity (Wildman–Crippen MR) is 86.8 cm³/mol.